The monoisotopic (exact) mass is 167 g/mol. The maximum absolute atomic E-state index is 13.0. The highest BCUT2D eigenvalue weighted by Crippen LogP contribution is 2.24. The van der Waals surface area contributed by atoms with Gasteiger partial charge >= 0.3 is 0 Å². The minimum atomic E-state index is -0.183. The SMILES string of the molecule is C=C1C=C(F)C(C)=CN1C(C)C. The normalized spacial score (nSPS) is 18.1. The third-order valence-electron chi connectivity index (χ3n) is 1.89. The van der Waals surface area contributed by atoms with Gasteiger partial charge in [0, 0.05) is 23.5 Å². The molecular weight excluding hydrogens is 153 g/mol. The number of nitrogens with zero attached hydrogens (tertiary/aromatic N) is 1. The highest BCUT2D eigenvalue weighted by molar-refractivity contribution is 5.36. The van der Waals surface area contributed by atoms with Gasteiger partial charge in [-0.1, -0.05) is 6.58 Å². The Morgan fingerprint density at radius 1 is 1.50 bits per heavy atom. The Kier molecular flexibility index (Phi) is 2.36. The van der Waals surface area contributed by atoms with Gasteiger partial charge in [-0.3, -0.25) is 0 Å². The van der Waals surface area contributed by atoms with Gasteiger partial charge in [0.2, 0.25) is 0 Å². The summed E-state index contributed by atoms with van der Waals surface area (Å²) < 4.78 is 13.0. The van der Waals surface area contributed by atoms with Gasteiger partial charge in [0.15, 0.2) is 0 Å². The Morgan fingerprint density at radius 2 is 2.08 bits per heavy atom. The van der Waals surface area contributed by atoms with E-state index in [0.29, 0.717) is 17.3 Å². The lowest BCUT2D eigenvalue weighted by molar-refractivity contribution is 0.384. The van der Waals surface area contributed by atoms with Crippen LogP contribution in [-0.2, 0) is 0 Å². The number of halogens is 1. The molecule has 0 radical (unpaired) electrons. The van der Waals surface area contributed by atoms with Crippen LogP contribution in [0.15, 0.2) is 36.0 Å². The maximum atomic E-state index is 13.0. The van der Waals surface area contributed by atoms with Gasteiger partial charge in [-0.25, -0.2) is 4.39 Å². The molecule has 0 aromatic heterocycles. The lowest BCUT2D eigenvalue weighted by atomic mass is 10.1. The average molecular weight is 167 g/mol. The van der Waals surface area contributed by atoms with Crippen LogP contribution in [0, 0.1) is 0 Å². The van der Waals surface area contributed by atoms with E-state index in [1.807, 2.05) is 18.7 Å². The summed E-state index contributed by atoms with van der Waals surface area (Å²) in [4.78, 5) is 1.96. The van der Waals surface area contributed by atoms with Crippen molar-refractivity contribution in [3.8, 4) is 0 Å². The highest BCUT2D eigenvalue weighted by atomic mass is 19.1. The van der Waals surface area contributed by atoms with Crippen molar-refractivity contribution in [2.24, 2.45) is 0 Å². The number of hydrogen-bond donors (Lipinski definition) is 0. The van der Waals surface area contributed by atoms with Crippen LogP contribution in [0.4, 0.5) is 4.39 Å². The first kappa shape index (κ1) is 9.04. The molecule has 1 aliphatic rings. The highest BCUT2D eigenvalue weighted by Gasteiger charge is 2.14. The van der Waals surface area contributed by atoms with Crippen LogP contribution >= 0.6 is 0 Å². The first-order valence-electron chi connectivity index (χ1n) is 4.05. The first-order chi connectivity index (χ1) is 5.52. The fraction of sp³-hybridized carbons (Fsp3) is 0.400. The second-order valence-electron chi connectivity index (χ2n) is 3.30. The Labute approximate surface area is 72.9 Å². The summed E-state index contributed by atoms with van der Waals surface area (Å²) >= 11 is 0. The van der Waals surface area contributed by atoms with Crippen molar-refractivity contribution in [3.63, 3.8) is 0 Å². The largest absolute Gasteiger partial charge is 0.346 e. The third kappa shape index (κ3) is 1.58. The summed E-state index contributed by atoms with van der Waals surface area (Å²) in [6, 6.07) is 0.330. The van der Waals surface area contributed by atoms with Crippen LogP contribution in [0.3, 0.4) is 0 Å². The Hall–Kier alpha value is -1.05. The van der Waals surface area contributed by atoms with E-state index in [9.17, 15) is 4.39 Å². The van der Waals surface area contributed by atoms with Gasteiger partial charge in [0.25, 0.3) is 0 Å². The molecule has 0 saturated heterocycles. The van der Waals surface area contributed by atoms with E-state index < -0.39 is 0 Å². The molecule has 1 nitrogen and oxygen atoms in total. The molecule has 66 valence electrons. The first-order valence-corrected chi connectivity index (χ1v) is 4.05. The van der Waals surface area contributed by atoms with Gasteiger partial charge in [-0.2, -0.15) is 0 Å². The molecule has 1 rings (SSSR count). The van der Waals surface area contributed by atoms with Crippen LogP contribution in [0.2, 0.25) is 0 Å². The molecule has 0 saturated carbocycles. The number of allylic oxidation sites excluding steroid dienone is 3. The smallest absolute Gasteiger partial charge is 0.129 e. The fourth-order valence-corrected chi connectivity index (χ4v) is 1.17. The molecule has 0 spiro atoms. The molecule has 2 heteroatoms. The van der Waals surface area contributed by atoms with Crippen molar-refractivity contribution in [1.29, 1.82) is 0 Å². The zero-order valence-electron chi connectivity index (χ0n) is 7.76. The maximum Gasteiger partial charge on any atom is 0.129 e. The molecule has 0 unspecified atom stereocenters. The van der Waals surface area contributed by atoms with Gasteiger partial charge in [0.05, 0.1) is 0 Å². The molecule has 1 heterocycles. The standard InChI is InChI=1S/C10H14FN/c1-7(2)12-6-8(3)10(11)5-9(12)4/h5-7H,4H2,1-3H3. The van der Waals surface area contributed by atoms with Gasteiger partial charge in [-0.05, 0) is 26.8 Å². The predicted molar refractivity (Wildman–Crippen MR) is 49.1 cm³/mol. The number of rotatable bonds is 1. The lowest BCUT2D eigenvalue weighted by Crippen LogP contribution is -2.25. The third-order valence-corrected chi connectivity index (χ3v) is 1.89. The summed E-state index contributed by atoms with van der Waals surface area (Å²) in [5.74, 6) is -0.183. The van der Waals surface area contributed by atoms with E-state index in [1.54, 1.807) is 13.1 Å². The van der Waals surface area contributed by atoms with Gasteiger partial charge < -0.3 is 4.90 Å². The van der Waals surface area contributed by atoms with Crippen molar-refractivity contribution in [2.45, 2.75) is 26.8 Å². The van der Waals surface area contributed by atoms with Crippen LogP contribution in [0.1, 0.15) is 20.8 Å². The molecule has 0 bridgehead atoms. The molecule has 1 aliphatic heterocycles. The molecule has 0 aromatic rings. The Morgan fingerprint density at radius 3 is 2.58 bits per heavy atom. The van der Waals surface area contributed by atoms with Crippen molar-refractivity contribution in [2.75, 3.05) is 0 Å². The minimum Gasteiger partial charge on any atom is -0.346 e. The van der Waals surface area contributed by atoms with Crippen molar-refractivity contribution >= 4 is 0 Å². The van der Waals surface area contributed by atoms with E-state index >= 15 is 0 Å². The predicted octanol–water partition coefficient (Wildman–Crippen LogP) is 2.98. The van der Waals surface area contributed by atoms with E-state index in [4.69, 9.17) is 0 Å². The molecule has 0 aliphatic carbocycles. The fourth-order valence-electron chi connectivity index (χ4n) is 1.17. The van der Waals surface area contributed by atoms with E-state index in [0.717, 1.165) is 0 Å². The molecule has 0 N–H and O–H groups in total. The summed E-state index contributed by atoms with van der Waals surface area (Å²) in [6.45, 7) is 9.62. The van der Waals surface area contributed by atoms with Crippen LogP contribution in [0.5, 0.6) is 0 Å². The Balaban J connectivity index is 2.92. The summed E-state index contributed by atoms with van der Waals surface area (Å²) in [6.07, 6.45) is 3.26. The zero-order chi connectivity index (χ0) is 9.30. The van der Waals surface area contributed by atoms with E-state index in [2.05, 4.69) is 6.58 Å². The zero-order valence-corrected chi connectivity index (χ0v) is 7.76. The van der Waals surface area contributed by atoms with Crippen molar-refractivity contribution < 1.29 is 4.39 Å². The van der Waals surface area contributed by atoms with Crippen molar-refractivity contribution in [1.82, 2.24) is 4.90 Å². The second kappa shape index (κ2) is 3.13. The summed E-state index contributed by atoms with van der Waals surface area (Å²) in [5, 5.41) is 0. The summed E-state index contributed by atoms with van der Waals surface area (Å²) in [7, 11) is 0. The average Bonchev–Trinajstić information content (AvgIpc) is 1.96. The molecular formula is C10H14FN. The van der Waals surface area contributed by atoms with Crippen LogP contribution in [-0.4, -0.2) is 10.9 Å². The van der Waals surface area contributed by atoms with E-state index in [1.165, 1.54) is 6.08 Å². The molecule has 12 heavy (non-hydrogen) atoms. The lowest BCUT2D eigenvalue weighted by Gasteiger charge is -2.28. The molecule has 0 fully saturated rings. The second-order valence-corrected chi connectivity index (χ2v) is 3.30. The molecule has 0 amide bonds. The van der Waals surface area contributed by atoms with E-state index in [-0.39, 0.29) is 5.83 Å². The minimum absolute atomic E-state index is 0.183. The van der Waals surface area contributed by atoms with Crippen LogP contribution < -0.4 is 0 Å². The van der Waals surface area contributed by atoms with Gasteiger partial charge in [-0.15, -0.1) is 0 Å². The molecule has 0 aromatic carbocycles. The topological polar surface area (TPSA) is 3.24 Å². The number of hydrogen-bond acceptors (Lipinski definition) is 1. The summed E-state index contributed by atoms with van der Waals surface area (Å²) in [5.41, 5.74) is 1.38. The van der Waals surface area contributed by atoms with Crippen LogP contribution in [0.25, 0.3) is 0 Å². The Bertz CT molecular complexity index is 261. The van der Waals surface area contributed by atoms with Crippen molar-refractivity contribution in [3.05, 3.63) is 36.0 Å². The quantitative estimate of drug-likeness (QED) is 0.580. The molecule has 0 atom stereocenters. The van der Waals surface area contributed by atoms with Gasteiger partial charge in [0.1, 0.15) is 5.83 Å².